The number of phenols is 1. The van der Waals surface area contributed by atoms with E-state index in [2.05, 4.69) is 10.4 Å². The van der Waals surface area contributed by atoms with E-state index in [4.69, 9.17) is 11.6 Å². The van der Waals surface area contributed by atoms with E-state index in [0.29, 0.717) is 17.1 Å². The first-order valence-corrected chi connectivity index (χ1v) is 7.45. The molecular formula is C17H13ClFN3O2. The van der Waals surface area contributed by atoms with Gasteiger partial charge in [-0.2, -0.15) is 5.10 Å². The zero-order chi connectivity index (χ0) is 17.3. The Morgan fingerprint density at radius 1 is 1.25 bits per heavy atom. The van der Waals surface area contributed by atoms with Gasteiger partial charge in [0.2, 0.25) is 0 Å². The second-order valence-corrected chi connectivity index (χ2v) is 5.50. The second-order valence-electron chi connectivity index (χ2n) is 5.14. The van der Waals surface area contributed by atoms with Crippen LogP contribution in [0.1, 0.15) is 16.1 Å². The largest absolute Gasteiger partial charge is 0.508 e. The molecule has 0 aliphatic rings. The van der Waals surface area contributed by atoms with Crippen LogP contribution in [0.15, 0.2) is 48.5 Å². The Bertz CT molecular complexity index is 907. The van der Waals surface area contributed by atoms with E-state index in [1.807, 2.05) is 0 Å². The normalized spacial score (nSPS) is 10.6. The van der Waals surface area contributed by atoms with Gasteiger partial charge in [-0.15, -0.1) is 0 Å². The first-order chi connectivity index (χ1) is 11.5. The van der Waals surface area contributed by atoms with Crippen LogP contribution < -0.4 is 5.32 Å². The number of phenolic OH excluding ortho intramolecular Hbond substituents is 1. The van der Waals surface area contributed by atoms with Gasteiger partial charge in [-0.05, 0) is 43.3 Å². The molecule has 3 rings (SSSR count). The van der Waals surface area contributed by atoms with E-state index >= 15 is 0 Å². The number of carbonyl (C=O) groups excluding carboxylic acids is 1. The molecule has 24 heavy (non-hydrogen) atoms. The summed E-state index contributed by atoms with van der Waals surface area (Å²) in [6.45, 7) is 1.66. The summed E-state index contributed by atoms with van der Waals surface area (Å²) in [6.07, 6.45) is 0. The van der Waals surface area contributed by atoms with Gasteiger partial charge in [-0.3, -0.25) is 4.79 Å². The van der Waals surface area contributed by atoms with Gasteiger partial charge in [-0.1, -0.05) is 17.7 Å². The molecule has 0 saturated carbocycles. The molecule has 0 saturated heterocycles. The van der Waals surface area contributed by atoms with E-state index in [-0.39, 0.29) is 22.3 Å². The average molecular weight is 346 g/mol. The highest BCUT2D eigenvalue weighted by atomic mass is 35.5. The van der Waals surface area contributed by atoms with Gasteiger partial charge in [0.15, 0.2) is 0 Å². The van der Waals surface area contributed by atoms with Crippen molar-refractivity contribution in [3.8, 4) is 11.4 Å². The molecule has 0 aliphatic carbocycles. The lowest BCUT2D eigenvalue weighted by molar-refractivity contribution is 0.102. The van der Waals surface area contributed by atoms with Gasteiger partial charge < -0.3 is 10.4 Å². The molecule has 0 fully saturated rings. The molecule has 122 valence electrons. The van der Waals surface area contributed by atoms with E-state index in [1.54, 1.807) is 19.1 Å². The Morgan fingerprint density at radius 2 is 1.96 bits per heavy atom. The Labute approximate surface area is 142 Å². The molecule has 2 aromatic carbocycles. The Hall–Kier alpha value is -2.86. The molecular weight excluding hydrogens is 333 g/mol. The van der Waals surface area contributed by atoms with Crippen molar-refractivity contribution < 1.29 is 14.3 Å². The number of benzene rings is 2. The molecule has 7 heteroatoms. The molecule has 0 spiro atoms. The molecule has 2 N–H and O–H groups in total. The summed E-state index contributed by atoms with van der Waals surface area (Å²) in [6, 6.07) is 11.8. The van der Waals surface area contributed by atoms with E-state index in [9.17, 15) is 14.3 Å². The number of halogens is 2. The number of nitrogens with one attached hydrogen (secondary N) is 1. The maximum Gasteiger partial charge on any atom is 0.260 e. The maximum atomic E-state index is 13.0. The van der Waals surface area contributed by atoms with Crippen LogP contribution in [-0.4, -0.2) is 20.8 Å². The topological polar surface area (TPSA) is 67.2 Å². The van der Waals surface area contributed by atoms with Crippen LogP contribution in [0, 0.1) is 12.7 Å². The van der Waals surface area contributed by atoms with Crippen molar-refractivity contribution in [1.29, 1.82) is 0 Å². The van der Waals surface area contributed by atoms with Crippen LogP contribution in [0.3, 0.4) is 0 Å². The lowest BCUT2D eigenvalue weighted by Gasteiger charge is -2.06. The number of rotatable bonds is 3. The number of anilines is 1. The molecule has 0 radical (unpaired) electrons. The minimum Gasteiger partial charge on any atom is -0.508 e. The fourth-order valence-electron chi connectivity index (χ4n) is 2.29. The molecule has 5 nitrogen and oxygen atoms in total. The molecule has 1 heterocycles. The highest BCUT2D eigenvalue weighted by Crippen LogP contribution is 2.25. The fourth-order valence-corrected chi connectivity index (χ4v) is 2.65. The summed E-state index contributed by atoms with van der Waals surface area (Å²) >= 11 is 6.29. The predicted molar refractivity (Wildman–Crippen MR) is 89.3 cm³/mol. The fraction of sp³-hybridized carbons (Fsp3) is 0.0588. The van der Waals surface area contributed by atoms with Gasteiger partial charge in [0.1, 0.15) is 22.3 Å². The highest BCUT2D eigenvalue weighted by Gasteiger charge is 2.21. The summed E-state index contributed by atoms with van der Waals surface area (Å²) < 4.78 is 14.4. The third-order valence-electron chi connectivity index (χ3n) is 3.41. The summed E-state index contributed by atoms with van der Waals surface area (Å²) in [5.74, 6) is -0.783. The van der Waals surface area contributed by atoms with Gasteiger partial charge >= 0.3 is 0 Å². The van der Waals surface area contributed by atoms with Crippen LogP contribution in [-0.2, 0) is 0 Å². The third-order valence-corrected chi connectivity index (χ3v) is 3.76. The standard InChI is InChI=1S/C17H13ClFN3O2/c1-10-15(17(24)20-12-3-2-4-14(23)9-12)16(18)22(21-10)13-7-5-11(19)6-8-13/h2-9,23H,1H3,(H,20,24). The lowest BCUT2D eigenvalue weighted by atomic mass is 10.2. The zero-order valence-electron chi connectivity index (χ0n) is 12.6. The minimum atomic E-state index is -0.448. The number of hydrogen-bond acceptors (Lipinski definition) is 3. The van der Waals surface area contributed by atoms with Crippen molar-refractivity contribution in [3.63, 3.8) is 0 Å². The number of carbonyl (C=O) groups is 1. The maximum absolute atomic E-state index is 13.0. The van der Waals surface area contributed by atoms with E-state index in [0.717, 1.165) is 0 Å². The zero-order valence-corrected chi connectivity index (χ0v) is 13.4. The molecule has 0 unspecified atom stereocenters. The number of aromatic nitrogens is 2. The lowest BCUT2D eigenvalue weighted by Crippen LogP contribution is -2.13. The second kappa shape index (κ2) is 6.33. The van der Waals surface area contributed by atoms with Gasteiger partial charge in [-0.25, -0.2) is 9.07 Å². The summed E-state index contributed by atoms with van der Waals surface area (Å²) in [5.41, 5.74) is 1.62. The minimum absolute atomic E-state index is 0.0395. The predicted octanol–water partition coefficient (Wildman–Crippen LogP) is 3.93. The quantitative estimate of drug-likeness (QED) is 0.755. The average Bonchev–Trinajstić information content (AvgIpc) is 2.83. The number of hydrogen-bond donors (Lipinski definition) is 2. The molecule has 0 bridgehead atoms. The smallest absolute Gasteiger partial charge is 0.260 e. The SMILES string of the molecule is Cc1nn(-c2ccc(F)cc2)c(Cl)c1C(=O)Nc1cccc(O)c1. The van der Waals surface area contributed by atoms with Crippen LogP contribution in [0.25, 0.3) is 5.69 Å². The van der Waals surface area contributed by atoms with Crippen molar-refractivity contribution in [3.05, 3.63) is 70.8 Å². The Balaban J connectivity index is 1.94. The first kappa shape index (κ1) is 16.0. The van der Waals surface area contributed by atoms with Crippen LogP contribution in [0.4, 0.5) is 10.1 Å². The third kappa shape index (κ3) is 3.09. The van der Waals surface area contributed by atoms with Crippen molar-refractivity contribution in [1.82, 2.24) is 9.78 Å². The summed E-state index contributed by atoms with van der Waals surface area (Å²) in [7, 11) is 0. The molecule has 0 aliphatic heterocycles. The van der Waals surface area contributed by atoms with Crippen molar-refractivity contribution in [2.45, 2.75) is 6.92 Å². The first-order valence-electron chi connectivity index (χ1n) is 7.07. The number of nitrogens with zero attached hydrogens (tertiary/aromatic N) is 2. The summed E-state index contributed by atoms with van der Waals surface area (Å²) in [4.78, 5) is 12.5. The molecule has 1 amide bonds. The molecule has 3 aromatic rings. The number of aromatic hydroxyl groups is 1. The Morgan fingerprint density at radius 3 is 2.62 bits per heavy atom. The van der Waals surface area contributed by atoms with Crippen molar-refractivity contribution >= 4 is 23.2 Å². The number of amides is 1. The Kier molecular flexibility index (Phi) is 4.22. The van der Waals surface area contributed by atoms with E-state index in [1.165, 1.54) is 41.1 Å². The van der Waals surface area contributed by atoms with E-state index < -0.39 is 5.91 Å². The van der Waals surface area contributed by atoms with Crippen molar-refractivity contribution in [2.75, 3.05) is 5.32 Å². The van der Waals surface area contributed by atoms with Crippen LogP contribution in [0.2, 0.25) is 5.15 Å². The van der Waals surface area contributed by atoms with Crippen LogP contribution in [0.5, 0.6) is 5.75 Å². The monoisotopic (exact) mass is 345 g/mol. The summed E-state index contributed by atoms with van der Waals surface area (Å²) in [5, 5.41) is 16.5. The molecule has 1 aromatic heterocycles. The number of aryl methyl sites for hydroxylation is 1. The van der Waals surface area contributed by atoms with Gasteiger partial charge in [0, 0.05) is 11.8 Å². The van der Waals surface area contributed by atoms with Crippen LogP contribution >= 0.6 is 11.6 Å². The van der Waals surface area contributed by atoms with Crippen molar-refractivity contribution in [2.24, 2.45) is 0 Å². The highest BCUT2D eigenvalue weighted by molar-refractivity contribution is 6.34. The van der Waals surface area contributed by atoms with Gasteiger partial charge in [0.25, 0.3) is 5.91 Å². The van der Waals surface area contributed by atoms with Gasteiger partial charge in [0.05, 0.1) is 11.4 Å². The molecule has 0 atom stereocenters.